The summed E-state index contributed by atoms with van der Waals surface area (Å²) >= 11 is 0. The fraction of sp³-hybridized carbons (Fsp3) is 0.0556. The Bertz CT molecular complexity index is 1170. The first-order valence-electron chi connectivity index (χ1n) is 7.57. The van der Waals surface area contributed by atoms with Crippen LogP contribution < -0.4 is 5.32 Å². The minimum absolute atomic E-state index is 0.248. The summed E-state index contributed by atoms with van der Waals surface area (Å²) in [5, 5.41) is 3.76. The largest absolute Gasteiger partial charge is 0.355 e. The molecule has 3 N–H and O–H groups in total. The first-order chi connectivity index (χ1) is 11.8. The second-order valence-electron chi connectivity index (χ2n) is 5.90. The van der Waals surface area contributed by atoms with Crippen molar-refractivity contribution in [2.24, 2.45) is 0 Å². The molecule has 1 aliphatic heterocycles. The van der Waals surface area contributed by atoms with Gasteiger partial charge in [0.15, 0.2) is 0 Å². The average molecular weight is 354 g/mol. The van der Waals surface area contributed by atoms with Crippen molar-refractivity contribution in [3.05, 3.63) is 59.3 Å². The molecule has 25 heavy (non-hydrogen) atoms. The number of para-hydroxylation sites is 1. The van der Waals surface area contributed by atoms with Crippen molar-refractivity contribution in [1.29, 1.82) is 0 Å². The van der Waals surface area contributed by atoms with E-state index in [9.17, 15) is 17.8 Å². The maximum atomic E-state index is 12.3. The van der Waals surface area contributed by atoms with Crippen molar-refractivity contribution in [3.63, 3.8) is 0 Å². The van der Waals surface area contributed by atoms with E-state index in [1.54, 1.807) is 6.08 Å². The van der Waals surface area contributed by atoms with Gasteiger partial charge in [-0.15, -0.1) is 0 Å². The molecule has 7 heteroatoms. The molecule has 0 atom stereocenters. The molecule has 0 fully saturated rings. The lowest BCUT2D eigenvalue weighted by Gasteiger charge is -2.02. The monoisotopic (exact) mass is 354 g/mol. The van der Waals surface area contributed by atoms with Gasteiger partial charge in [-0.3, -0.25) is 9.35 Å². The zero-order valence-corrected chi connectivity index (χ0v) is 14.0. The number of carbonyl (C=O) groups excluding carboxylic acids is 1. The molecule has 0 aliphatic carbocycles. The summed E-state index contributed by atoms with van der Waals surface area (Å²) in [7, 11) is -4.34. The van der Waals surface area contributed by atoms with E-state index in [1.807, 2.05) is 31.2 Å². The predicted octanol–water partition coefficient (Wildman–Crippen LogP) is 3.22. The quantitative estimate of drug-likeness (QED) is 0.486. The van der Waals surface area contributed by atoms with Gasteiger partial charge in [0.2, 0.25) is 0 Å². The minimum atomic E-state index is -4.34. The number of amides is 1. The van der Waals surface area contributed by atoms with Crippen LogP contribution in [0.4, 0.5) is 5.69 Å². The molecule has 1 aromatic heterocycles. The second kappa shape index (κ2) is 5.30. The fourth-order valence-corrected chi connectivity index (χ4v) is 3.57. The number of fused-ring (bicyclic) bond motifs is 2. The number of H-pyrrole nitrogens is 1. The summed E-state index contributed by atoms with van der Waals surface area (Å²) in [5.74, 6) is -0.319. The van der Waals surface area contributed by atoms with Crippen molar-refractivity contribution in [2.75, 3.05) is 5.32 Å². The highest BCUT2D eigenvalue weighted by Gasteiger charge is 2.26. The van der Waals surface area contributed by atoms with Crippen molar-refractivity contribution >= 4 is 44.3 Å². The number of aryl methyl sites for hydroxylation is 1. The molecule has 6 nitrogen and oxygen atoms in total. The van der Waals surface area contributed by atoms with Crippen LogP contribution in [0.25, 0.3) is 22.6 Å². The number of nitrogens with one attached hydrogen (secondary N) is 2. The molecule has 4 rings (SSSR count). The SMILES string of the molecule is Cc1c(C=C2C(=O)Nc3ccc(S(=O)(=O)O)cc32)[nH]c2ccccc12. The van der Waals surface area contributed by atoms with Gasteiger partial charge in [-0.1, -0.05) is 18.2 Å². The van der Waals surface area contributed by atoms with Gasteiger partial charge in [0.05, 0.1) is 10.5 Å². The van der Waals surface area contributed by atoms with Crippen LogP contribution in [-0.2, 0) is 14.9 Å². The first kappa shape index (κ1) is 15.6. The topological polar surface area (TPSA) is 99.3 Å². The third-order valence-corrected chi connectivity index (χ3v) is 5.21. The van der Waals surface area contributed by atoms with Gasteiger partial charge >= 0.3 is 0 Å². The van der Waals surface area contributed by atoms with Crippen LogP contribution in [0.1, 0.15) is 16.8 Å². The Balaban J connectivity index is 1.90. The Hall–Kier alpha value is -2.90. The number of aromatic nitrogens is 1. The summed E-state index contributed by atoms with van der Waals surface area (Å²) in [4.78, 5) is 15.3. The van der Waals surface area contributed by atoms with Gasteiger partial charge in [0.1, 0.15) is 0 Å². The lowest BCUT2D eigenvalue weighted by atomic mass is 10.0. The normalized spacial score (nSPS) is 15.6. The average Bonchev–Trinajstić information content (AvgIpc) is 3.05. The standard InChI is InChI=1S/C18H14N2O4S/c1-10-12-4-2-3-5-15(12)19-17(10)9-14-13-8-11(25(22,23)24)6-7-16(13)20-18(14)21/h2-9,19H,1H3,(H,20,21)(H,22,23,24). The molecule has 0 bridgehead atoms. The molecule has 0 saturated heterocycles. The maximum Gasteiger partial charge on any atom is 0.294 e. The fourth-order valence-electron chi connectivity index (χ4n) is 3.06. The third-order valence-electron chi connectivity index (χ3n) is 4.36. The number of rotatable bonds is 2. The molecule has 126 valence electrons. The number of carbonyl (C=O) groups is 1. The molecular formula is C18H14N2O4S. The Morgan fingerprint density at radius 1 is 1.12 bits per heavy atom. The van der Waals surface area contributed by atoms with Crippen LogP contribution in [0.3, 0.4) is 0 Å². The molecule has 3 aromatic rings. The van der Waals surface area contributed by atoms with E-state index < -0.39 is 10.1 Å². The molecule has 0 spiro atoms. The minimum Gasteiger partial charge on any atom is -0.355 e. The summed E-state index contributed by atoms with van der Waals surface area (Å²) < 4.78 is 32.0. The molecule has 0 saturated carbocycles. The van der Waals surface area contributed by atoms with Crippen LogP contribution in [0.15, 0.2) is 47.4 Å². The Kier molecular flexibility index (Phi) is 3.31. The Labute approximate surface area is 143 Å². The van der Waals surface area contributed by atoms with Gasteiger partial charge in [-0.05, 0) is 42.8 Å². The van der Waals surface area contributed by atoms with Gasteiger partial charge in [-0.2, -0.15) is 8.42 Å². The zero-order valence-electron chi connectivity index (χ0n) is 13.2. The summed E-state index contributed by atoms with van der Waals surface area (Å²) in [6.45, 7) is 1.95. The molecule has 0 unspecified atom stereocenters. The van der Waals surface area contributed by atoms with Crippen LogP contribution in [0, 0.1) is 6.92 Å². The lowest BCUT2D eigenvalue weighted by Crippen LogP contribution is -2.03. The van der Waals surface area contributed by atoms with Gasteiger partial charge in [0.25, 0.3) is 16.0 Å². The first-order valence-corrected chi connectivity index (χ1v) is 9.01. The van der Waals surface area contributed by atoms with Crippen LogP contribution in [-0.4, -0.2) is 23.9 Å². The highest BCUT2D eigenvalue weighted by molar-refractivity contribution is 7.85. The Morgan fingerprint density at radius 3 is 2.60 bits per heavy atom. The summed E-state index contributed by atoms with van der Waals surface area (Å²) in [5.41, 5.74) is 4.02. The summed E-state index contributed by atoms with van der Waals surface area (Å²) in [6.07, 6.45) is 1.70. The van der Waals surface area contributed by atoms with Crippen LogP contribution >= 0.6 is 0 Å². The summed E-state index contributed by atoms with van der Waals surface area (Å²) in [6, 6.07) is 11.8. The zero-order chi connectivity index (χ0) is 17.8. The van der Waals surface area contributed by atoms with Crippen molar-refractivity contribution in [2.45, 2.75) is 11.8 Å². The van der Waals surface area contributed by atoms with Gasteiger partial charge < -0.3 is 10.3 Å². The second-order valence-corrected chi connectivity index (χ2v) is 7.33. The molecule has 2 aromatic carbocycles. The van der Waals surface area contributed by atoms with E-state index in [2.05, 4.69) is 10.3 Å². The van der Waals surface area contributed by atoms with Crippen LogP contribution in [0.5, 0.6) is 0 Å². The van der Waals surface area contributed by atoms with Crippen molar-refractivity contribution < 1.29 is 17.8 Å². The highest BCUT2D eigenvalue weighted by Crippen LogP contribution is 2.35. The highest BCUT2D eigenvalue weighted by atomic mass is 32.2. The third kappa shape index (κ3) is 2.54. The van der Waals surface area contributed by atoms with E-state index in [0.29, 0.717) is 16.8 Å². The Morgan fingerprint density at radius 2 is 1.88 bits per heavy atom. The maximum absolute atomic E-state index is 12.3. The van der Waals surface area contributed by atoms with E-state index in [1.165, 1.54) is 18.2 Å². The lowest BCUT2D eigenvalue weighted by molar-refractivity contribution is -0.110. The molecule has 2 heterocycles. The van der Waals surface area contributed by atoms with E-state index in [-0.39, 0.29) is 10.8 Å². The van der Waals surface area contributed by atoms with E-state index in [0.717, 1.165) is 22.2 Å². The molecule has 0 radical (unpaired) electrons. The number of hydrogen-bond acceptors (Lipinski definition) is 3. The van der Waals surface area contributed by atoms with Crippen LogP contribution in [0.2, 0.25) is 0 Å². The van der Waals surface area contributed by atoms with Gasteiger partial charge in [0, 0.05) is 27.8 Å². The van der Waals surface area contributed by atoms with Crippen molar-refractivity contribution in [3.8, 4) is 0 Å². The molecule has 1 amide bonds. The van der Waals surface area contributed by atoms with Crippen molar-refractivity contribution in [1.82, 2.24) is 4.98 Å². The number of hydrogen-bond donors (Lipinski definition) is 3. The predicted molar refractivity (Wildman–Crippen MR) is 95.8 cm³/mol. The molecular weight excluding hydrogens is 340 g/mol. The number of anilines is 1. The number of aromatic amines is 1. The van der Waals surface area contributed by atoms with Gasteiger partial charge in [-0.25, -0.2) is 0 Å². The molecule has 1 aliphatic rings. The van der Waals surface area contributed by atoms with E-state index >= 15 is 0 Å². The van der Waals surface area contributed by atoms with E-state index in [4.69, 9.17) is 0 Å². The number of benzene rings is 2. The smallest absolute Gasteiger partial charge is 0.294 e.